The molecule has 2 N–H and O–H groups in total. The molecule has 8 heteroatoms. The third-order valence-electron chi connectivity index (χ3n) is 3.22. The van der Waals surface area contributed by atoms with Crippen LogP contribution in [0.15, 0.2) is 53.4 Å². The molecule has 1 atom stereocenters. The van der Waals surface area contributed by atoms with Crippen molar-refractivity contribution in [3.8, 4) is 0 Å². The third-order valence-corrected chi connectivity index (χ3v) is 5.47. The Bertz CT molecular complexity index is 826. The lowest BCUT2D eigenvalue weighted by Gasteiger charge is -2.15. The fourth-order valence-corrected chi connectivity index (χ4v) is 3.94. The van der Waals surface area contributed by atoms with Gasteiger partial charge in [-0.3, -0.25) is 4.79 Å². The van der Waals surface area contributed by atoms with E-state index in [0.29, 0.717) is 6.54 Å². The topological polar surface area (TPSA) is 75.3 Å². The number of carbonyl (C=O) groups is 1. The van der Waals surface area contributed by atoms with Gasteiger partial charge >= 0.3 is 0 Å². The fraction of sp³-hybridized carbons (Fsp3) is 0.188. The zero-order valence-electron chi connectivity index (χ0n) is 12.8. The average molecular weight is 387 g/mol. The molecule has 2 rings (SSSR count). The molecule has 0 aliphatic heterocycles. The summed E-state index contributed by atoms with van der Waals surface area (Å²) in [7, 11) is -3.97. The van der Waals surface area contributed by atoms with Crippen LogP contribution in [0.5, 0.6) is 0 Å². The van der Waals surface area contributed by atoms with Crippen molar-refractivity contribution in [3.05, 3.63) is 64.1 Å². The smallest absolute Gasteiger partial charge is 0.242 e. The SMILES string of the molecule is C[C@H](NS(=O)(=O)c1cc(Cl)ccc1Cl)C(=O)NCc1ccccc1. The molecular weight excluding hydrogens is 371 g/mol. The van der Waals surface area contributed by atoms with Crippen molar-refractivity contribution in [3.63, 3.8) is 0 Å². The van der Waals surface area contributed by atoms with E-state index in [2.05, 4.69) is 10.0 Å². The Labute approximate surface area is 151 Å². The minimum Gasteiger partial charge on any atom is -0.351 e. The second-order valence-electron chi connectivity index (χ2n) is 5.12. The zero-order chi connectivity index (χ0) is 17.7. The Morgan fingerprint density at radius 3 is 2.46 bits per heavy atom. The molecule has 0 saturated carbocycles. The lowest BCUT2D eigenvalue weighted by Crippen LogP contribution is -2.44. The first-order valence-electron chi connectivity index (χ1n) is 7.08. The number of halogens is 2. The second-order valence-corrected chi connectivity index (χ2v) is 7.65. The van der Waals surface area contributed by atoms with E-state index in [9.17, 15) is 13.2 Å². The number of hydrogen-bond donors (Lipinski definition) is 2. The Kier molecular flexibility index (Phi) is 6.23. The second kappa shape index (κ2) is 7.98. The van der Waals surface area contributed by atoms with Gasteiger partial charge in [0.25, 0.3) is 0 Å². The minimum atomic E-state index is -3.97. The predicted molar refractivity (Wildman–Crippen MR) is 94.5 cm³/mol. The summed E-state index contributed by atoms with van der Waals surface area (Å²) in [5.74, 6) is -0.444. The highest BCUT2D eigenvalue weighted by molar-refractivity contribution is 7.89. The molecule has 0 aromatic heterocycles. The maximum Gasteiger partial charge on any atom is 0.242 e. The molecule has 0 aliphatic rings. The number of benzene rings is 2. The van der Waals surface area contributed by atoms with Crippen molar-refractivity contribution in [1.82, 2.24) is 10.0 Å². The lowest BCUT2D eigenvalue weighted by molar-refractivity contribution is -0.122. The molecule has 2 aromatic carbocycles. The maximum atomic E-state index is 12.4. The summed E-state index contributed by atoms with van der Waals surface area (Å²) < 4.78 is 27.0. The van der Waals surface area contributed by atoms with Crippen LogP contribution in [0.4, 0.5) is 0 Å². The van der Waals surface area contributed by atoms with Gasteiger partial charge in [-0.25, -0.2) is 8.42 Å². The van der Waals surface area contributed by atoms with Gasteiger partial charge in [-0.1, -0.05) is 53.5 Å². The van der Waals surface area contributed by atoms with Crippen molar-refractivity contribution in [2.45, 2.75) is 24.4 Å². The van der Waals surface area contributed by atoms with Crippen molar-refractivity contribution in [2.24, 2.45) is 0 Å². The number of rotatable bonds is 6. The van der Waals surface area contributed by atoms with Gasteiger partial charge in [0.1, 0.15) is 4.90 Å². The minimum absolute atomic E-state index is 0.0313. The molecule has 0 aliphatic carbocycles. The van der Waals surface area contributed by atoms with E-state index in [1.807, 2.05) is 30.3 Å². The summed E-state index contributed by atoms with van der Waals surface area (Å²) in [5, 5.41) is 2.94. The monoisotopic (exact) mass is 386 g/mol. The van der Waals surface area contributed by atoms with Gasteiger partial charge < -0.3 is 5.32 Å². The summed E-state index contributed by atoms with van der Waals surface area (Å²) in [6.45, 7) is 1.76. The highest BCUT2D eigenvalue weighted by atomic mass is 35.5. The van der Waals surface area contributed by atoms with E-state index in [1.165, 1.54) is 25.1 Å². The molecule has 0 unspecified atom stereocenters. The van der Waals surface area contributed by atoms with Crippen LogP contribution in [0, 0.1) is 0 Å². The average Bonchev–Trinajstić information content (AvgIpc) is 2.55. The Hall–Kier alpha value is -1.60. The molecule has 0 fully saturated rings. The van der Waals surface area contributed by atoms with Gasteiger partial charge in [-0.05, 0) is 30.7 Å². The van der Waals surface area contributed by atoms with Gasteiger partial charge in [-0.2, -0.15) is 4.72 Å². The molecule has 128 valence electrons. The quantitative estimate of drug-likeness (QED) is 0.800. The van der Waals surface area contributed by atoms with Crippen LogP contribution < -0.4 is 10.0 Å². The van der Waals surface area contributed by atoms with Gasteiger partial charge in [0, 0.05) is 11.6 Å². The van der Waals surface area contributed by atoms with Crippen molar-refractivity contribution >= 4 is 39.1 Å². The third kappa shape index (κ3) is 4.95. The number of amides is 1. The molecule has 0 bridgehead atoms. The van der Waals surface area contributed by atoms with E-state index in [4.69, 9.17) is 23.2 Å². The normalized spacial score (nSPS) is 12.6. The van der Waals surface area contributed by atoms with Crippen LogP contribution in [-0.4, -0.2) is 20.4 Å². The van der Waals surface area contributed by atoms with E-state index in [1.54, 1.807) is 0 Å². The summed E-state index contributed by atoms with van der Waals surface area (Å²) in [5.41, 5.74) is 0.916. The summed E-state index contributed by atoms with van der Waals surface area (Å²) in [6.07, 6.45) is 0. The van der Waals surface area contributed by atoms with E-state index < -0.39 is 22.0 Å². The zero-order valence-corrected chi connectivity index (χ0v) is 15.1. The highest BCUT2D eigenvalue weighted by Gasteiger charge is 2.24. The van der Waals surface area contributed by atoms with Crippen LogP contribution in [0.1, 0.15) is 12.5 Å². The van der Waals surface area contributed by atoms with Gasteiger partial charge in [-0.15, -0.1) is 0 Å². The van der Waals surface area contributed by atoms with E-state index in [0.717, 1.165) is 5.56 Å². The first-order valence-corrected chi connectivity index (χ1v) is 9.32. The summed E-state index contributed by atoms with van der Waals surface area (Å²) in [4.78, 5) is 11.9. The van der Waals surface area contributed by atoms with Gasteiger partial charge in [0.15, 0.2) is 0 Å². The number of sulfonamides is 1. The lowest BCUT2D eigenvalue weighted by atomic mass is 10.2. The van der Waals surface area contributed by atoms with Crippen LogP contribution in [0.25, 0.3) is 0 Å². The molecule has 2 aromatic rings. The number of hydrogen-bond acceptors (Lipinski definition) is 3. The standard InChI is InChI=1S/C16H16Cl2N2O3S/c1-11(16(21)19-10-12-5-3-2-4-6-12)20-24(22,23)15-9-13(17)7-8-14(15)18/h2-9,11,20H,10H2,1H3,(H,19,21)/t11-/m0/s1. The first-order chi connectivity index (χ1) is 11.3. The van der Waals surface area contributed by atoms with E-state index in [-0.39, 0.29) is 14.9 Å². The van der Waals surface area contributed by atoms with Crippen LogP contribution in [-0.2, 0) is 21.4 Å². The maximum absolute atomic E-state index is 12.4. The van der Waals surface area contributed by atoms with Crippen molar-refractivity contribution < 1.29 is 13.2 Å². The number of nitrogens with one attached hydrogen (secondary N) is 2. The number of carbonyl (C=O) groups excluding carboxylic acids is 1. The molecule has 5 nitrogen and oxygen atoms in total. The van der Waals surface area contributed by atoms with E-state index >= 15 is 0 Å². The van der Waals surface area contributed by atoms with Crippen LogP contribution in [0.2, 0.25) is 10.0 Å². The molecule has 1 amide bonds. The molecule has 0 saturated heterocycles. The summed E-state index contributed by atoms with van der Waals surface area (Å²) >= 11 is 11.7. The molecule has 0 spiro atoms. The molecule has 24 heavy (non-hydrogen) atoms. The molecule has 0 heterocycles. The fourth-order valence-electron chi connectivity index (χ4n) is 1.97. The first kappa shape index (κ1) is 18.7. The highest BCUT2D eigenvalue weighted by Crippen LogP contribution is 2.24. The molecule has 0 radical (unpaired) electrons. The van der Waals surface area contributed by atoms with Crippen molar-refractivity contribution in [1.29, 1.82) is 0 Å². The van der Waals surface area contributed by atoms with Crippen LogP contribution in [0.3, 0.4) is 0 Å². The Morgan fingerprint density at radius 2 is 1.79 bits per heavy atom. The van der Waals surface area contributed by atoms with Crippen LogP contribution >= 0.6 is 23.2 Å². The molecular formula is C16H16Cl2N2O3S. The van der Waals surface area contributed by atoms with Gasteiger partial charge in [0.05, 0.1) is 11.1 Å². The predicted octanol–water partition coefficient (Wildman–Crippen LogP) is 2.98. The van der Waals surface area contributed by atoms with Gasteiger partial charge in [0.2, 0.25) is 15.9 Å². The Balaban J connectivity index is 2.03. The largest absolute Gasteiger partial charge is 0.351 e. The van der Waals surface area contributed by atoms with Crippen molar-refractivity contribution in [2.75, 3.05) is 0 Å². The Morgan fingerprint density at radius 1 is 1.12 bits per heavy atom. The summed E-state index contributed by atoms with van der Waals surface area (Å²) in [6, 6.07) is 12.5.